The number of hydrogen-bond acceptors (Lipinski definition) is 7. The molecule has 0 saturated carbocycles. The third-order valence-electron chi connectivity index (χ3n) is 3.68. The van der Waals surface area contributed by atoms with Gasteiger partial charge in [0.05, 0.1) is 7.11 Å². The predicted molar refractivity (Wildman–Crippen MR) is 83.7 cm³/mol. The quantitative estimate of drug-likeness (QED) is 0.661. The Morgan fingerprint density at radius 3 is 2.28 bits per heavy atom. The normalized spacial score (nSPS) is 22.4. The Hall–Kier alpha value is -2.75. The fourth-order valence-corrected chi connectivity index (χ4v) is 3.56. The number of carbonyl (C=O) groups is 1. The number of nitrogens with zero attached hydrogens (tertiary/aromatic N) is 3. The molecule has 2 unspecified atom stereocenters. The van der Waals surface area contributed by atoms with Crippen LogP contribution in [-0.2, 0) is 21.0 Å². The molecule has 1 aromatic heterocycles. The summed E-state index contributed by atoms with van der Waals surface area (Å²) < 4.78 is 108. The van der Waals surface area contributed by atoms with Crippen molar-refractivity contribution >= 4 is 21.9 Å². The van der Waals surface area contributed by atoms with Gasteiger partial charge in [-0.1, -0.05) is 24.3 Å². The van der Waals surface area contributed by atoms with Gasteiger partial charge >= 0.3 is 18.4 Å². The zero-order valence-corrected chi connectivity index (χ0v) is 14.9. The monoisotopic (exact) mass is 447 g/mol. The van der Waals surface area contributed by atoms with E-state index in [1.54, 1.807) is 0 Å². The highest BCUT2D eigenvalue weighted by Crippen LogP contribution is 2.47. The number of methoxy groups -OCH3 is 1. The van der Waals surface area contributed by atoms with Crippen LogP contribution in [0.3, 0.4) is 0 Å². The Kier molecular flexibility index (Phi) is 5.64. The van der Waals surface area contributed by atoms with Gasteiger partial charge in [-0.25, -0.2) is 13.6 Å². The number of carbonyl (C=O) groups excluding carboxylic acids is 1. The molecule has 9 nitrogen and oxygen atoms in total. The van der Waals surface area contributed by atoms with E-state index < -0.39 is 56.7 Å². The van der Waals surface area contributed by atoms with Gasteiger partial charge in [0.2, 0.25) is 27.7 Å². The van der Waals surface area contributed by atoms with Crippen molar-refractivity contribution in [3.63, 3.8) is 0 Å². The van der Waals surface area contributed by atoms with Gasteiger partial charge < -0.3 is 4.74 Å². The molecule has 3 N–H and O–H groups in total. The number of hydrogen-bond donors (Lipinski definition) is 2. The second-order valence-corrected chi connectivity index (χ2v) is 7.23. The topological polar surface area (TPSA) is 137 Å². The standard InChI is InChI=1S/C13H11F6N5O4S/c1-28-10-22-7(12(14,15)16)21-9(24-10)23-8(25)11(13(17,18)19)5-3-2-4-6(11)29(20,26)27/h2-6H,1H3,(H2,20,26,27)(H,21,22,23,24,25). The van der Waals surface area contributed by atoms with Crippen LogP contribution in [0.5, 0.6) is 6.01 Å². The van der Waals surface area contributed by atoms with Crippen molar-refractivity contribution in [1.29, 1.82) is 0 Å². The number of primary sulfonamides is 1. The lowest BCUT2D eigenvalue weighted by atomic mass is 9.79. The predicted octanol–water partition coefficient (Wildman–Crippen LogP) is 1.17. The maximum Gasteiger partial charge on any atom is 0.451 e. The Morgan fingerprint density at radius 2 is 1.79 bits per heavy atom. The van der Waals surface area contributed by atoms with Gasteiger partial charge in [0, 0.05) is 0 Å². The van der Waals surface area contributed by atoms with Crippen LogP contribution in [0.1, 0.15) is 5.82 Å². The molecule has 160 valence electrons. The first-order valence-electron chi connectivity index (χ1n) is 7.26. The number of nitrogens with two attached hydrogens (primary N) is 1. The molecule has 0 saturated heterocycles. The Bertz CT molecular complexity index is 975. The van der Waals surface area contributed by atoms with E-state index in [0.717, 1.165) is 19.3 Å². The molecule has 1 aliphatic carbocycles. The molecule has 0 bridgehead atoms. The summed E-state index contributed by atoms with van der Waals surface area (Å²) in [6.07, 6.45) is -8.25. The van der Waals surface area contributed by atoms with Gasteiger partial charge in [-0.05, 0) is 0 Å². The highest BCUT2D eigenvalue weighted by atomic mass is 32.2. The molecule has 16 heteroatoms. The fraction of sp³-hybridized carbons (Fsp3) is 0.385. The van der Waals surface area contributed by atoms with Crippen LogP contribution in [0.2, 0.25) is 0 Å². The summed E-state index contributed by atoms with van der Waals surface area (Å²) in [6, 6.07) is -0.953. The van der Waals surface area contributed by atoms with E-state index in [1.165, 1.54) is 5.32 Å². The lowest BCUT2D eigenvalue weighted by Crippen LogP contribution is -2.58. The third-order valence-corrected chi connectivity index (χ3v) is 4.92. The number of allylic oxidation sites excluding steroid dienone is 2. The molecular formula is C13H11F6N5O4S. The molecule has 0 radical (unpaired) electrons. The van der Waals surface area contributed by atoms with Crippen molar-refractivity contribution < 1.29 is 44.3 Å². The molecule has 0 fully saturated rings. The average molecular weight is 447 g/mol. The molecule has 29 heavy (non-hydrogen) atoms. The van der Waals surface area contributed by atoms with Crippen LogP contribution in [0.25, 0.3) is 0 Å². The smallest absolute Gasteiger partial charge is 0.451 e. The van der Waals surface area contributed by atoms with Crippen molar-refractivity contribution in [3.05, 3.63) is 30.1 Å². The zero-order valence-electron chi connectivity index (χ0n) is 14.1. The minimum Gasteiger partial charge on any atom is -0.467 e. The van der Waals surface area contributed by atoms with E-state index in [1.807, 2.05) is 0 Å². The van der Waals surface area contributed by atoms with Gasteiger partial charge in [0.15, 0.2) is 5.41 Å². The molecule has 2 rings (SSSR count). The number of amides is 1. The van der Waals surface area contributed by atoms with E-state index in [2.05, 4.69) is 19.7 Å². The number of sulfonamides is 1. The Morgan fingerprint density at radius 1 is 1.17 bits per heavy atom. The third kappa shape index (κ3) is 4.31. The summed E-state index contributed by atoms with van der Waals surface area (Å²) in [6.45, 7) is 0. The molecule has 1 amide bonds. The molecule has 2 atom stereocenters. The highest BCUT2D eigenvalue weighted by Gasteiger charge is 2.66. The number of nitrogens with one attached hydrogen (secondary N) is 1. The molecule has 0 aromatic carbocycles. The summed E-state index contributed by atoms with van der Waals surface area (Å²) in [5.74, 6) is -5.18. The lowest BCUT2D eigenvalue weighted by molar-refractivity contribution is -0.202. The van der Waals surface area contributed by atoms with Crippen molar-refractivity contribution in [2.75, 3.05) is 12.4 Å². The van der Waals surface area contributed by atoms with Gasteiger partial charge in [0.1, 0.15) is 5.25 Å². The Balaban J connectivity index is 2.59. The van der Waals surface area contributed by atoms with Gasteiger partial charge in [-0.15, -0.1) is 0 Å². The summed E-state index contributed by atoms with van der Waals surface area (Å²) in [7, 11) is -4.11. The number of alkyl halides is 6. The summed E-state index contributed by atoms with van der Waals surface area (Å²) in [4.78, 5) is 21.4. The Labute approximate surface area is 158 Å². The number of anilines is 1. The second kappa shape index (κ2) is 7.25. The van der Waals surface area contributed by atoms with Crippen LogP contribution in [-0.4, -0.2) is 47.8 Å². The molecule has 1 aromatic rings. The first kappa shape index (κ1) is 22.5. The van der Waals surface area contributed by atoms with Crippen LogP contribution >= 0.6 is 0 Å². The van der Waals surface area contributed by atoms with Gasteiger partial charge in [0.25, 0.3) is 0 Å². The summed E-state index contributed by atoms with van der Waals surface area (Å²) in [5, 5.41) is 3.69. The largest absolute Gasteiger partial charge is 0.467 e. The van der Waals surface area contributed by atoms with Crippen molar-refractivity contribution in [2.24, 2.45) is 10.6 Å². The number of ether oxygens (including phenoxy) is 1. The van der Waals surface area contributed by atoms with E-state index in [9.17, 15) is 39.6 Å². The highest BCUT2D eigenvalue weighted by molar-refractivity contribution is 7.90. The first-order chi connectivity index (χ1) is 13.1. The number of rotatable bonds is 4. The van der Waals surface area contributed by atoms with Crippen LogP contribution in [0.15, 0.2) is 24.3 Å². The lowest BCUT2D eigenvalue weighted by Gasteiger charge is -2.36. The zero-order chi connectivity index (χ0) is 22.3. The van der Waals surface area contributed by atoms with E-state index in [4.69, 9.17) is 5.14 Å². The van der Waals surface area contributed by atoms with Gasteiger partial charge in [-0.2, -0.15) is 41.3 Å². The number of halogens is 6. The minimum atomic E-state index is -5.51. The summed E-state index contributed by atoms with van der Waals surface area (Å²) in [5.41, 5.74) is -3.76. The van der Waals surface area contributed by atoms with Crippen molar-refractivity contribution in [1.82, 2.24) is 15.0 Å². The molecule has 0 spiro atoms. The molecule has 1 heterocycles. The second-order valence-electron chi connectivity index (χ2n) is 5.54. The SMILES string of the molecule is COc1nc(NC(=O)C2(C(F)(F)F)C=CC=CC2S(N)(=O)=O)nc(C(F)(F)F)n1. The van der Waals surface area contributed by atoms with Crippen LogP contribution in [0, 0.1) is 5.41 Å². The maximum atomic E-state index is 13.8. The minimum absolute atomic E-state index is 0.223. The van der Waals surface area contributed by atoms with Gasteiger partial charge in [-0.3, -0.25) is 10.1 Å². The first-order valence-corrected chi connectivity index (χ1v) is 8.87. The molecular weight excluding hydrogens is 436 g/mol. The average Bonchev–Trinajstić information content (AvgIpc) is 2.58. The molecule has 0 aliphatic heterocycles. The fourth-order valence-electron chi connectivity index (χ4n) is 2.41. The van der Waals surface area contributed by atoms with Crippen molar-refractivity contribution in [2.45, 2.75) is 17.6 Å². The van der Waals surface area contributed by atoms with Crippen molar-refractivity contribution in [3.8, 4) is 6.01 Å². The maximum absolute atomic E-state index is 13.8. The van der Waals surface area contributed by atoms with Crippen LogP contribution in [0.4, 0.5) is 32.3 Å². The van der Waals surface area contributed by atoms with E-state index in [-0.39, 0.29) is 6.08 Å². The van der Waals surface area contributed by atoms with Crippen LogP contribution < -0.4 is 15.2 Å². The van der Waals surface area contributed by atoms with E-state index in [0.29, 0.717) is 6.08 Å². The van der Waals surface area contributed by atoms with E-state index >= 15 is 0 Å². The summed E-state index contributed by atoms with van der Waals surface area (Å²) >= 11 is 0. The number of aromatic nitrogens is 3. The molecule has 1 aliphatic rings.